The van der Waals surface area contributed by atoms with Crippen molar-refractivity contribution >= 4 is 19.8 Å². The van der Waals surface area contributed by atoms with Crippen LogP contribution in [0.4, 0.5) is 0 Å². The molecule has 0 aromatic heterocycles. The predicted octanol–water partition coefficient (Wildman–Crippen LogP) is 11.5. The van der Waals surface area contributed by atoms with Gasteiger partial charge in [0.05, 0.1) is 27.7 Å². The topological polar surface area (TPSA) is 111 Å². The zero-order valence-electron chi connectivity index (χ0n) is 35.4. The molecule has 10 heteroatoms. The number of rotatable bonds is 39. The van der Waals surface area contributed by atoms with E-state index in [1.807, 2.05) is 33.3 Å². The first kappa shape index (κ1) is 52.2. The standard InChI is InChI=1S/C44H82NO8P/c1-6-8-10-12-14-16-18-20-21-22-23-25-26-28-30-32-34-36-43(46)50-40-42(41-52-54(48,49)51-39-38-45(3,4)5)53-44(47)37-35-33-31-29-27-24-19-17-15-13-11-9-7-2/h20-21,24,27,31,33,42H,6-19,22-23,25-26,28-30,32,34-41H2,1-5H3/b21-20+,27-24+,33-31+. The Morgan fingerprint density at radius 2 is 1.04 bits per heavy atom. The number of esters is 2. The van der Waals surface area contributed by atoms with Gasteiger partial charge in [-0.3, -0.25) is 14.2 Å². The Bertz CT molecular complexity index is 1020. The van der Waals surface area contributed by atoms with Crippen LogP contribution in [0.15, 0.2) is 36.5 Å². The fraction of sp³-hybridized carbons (Fsp3) is 0.818. The number of nitrogens with zero attached hydrogens (tertiary/aromatic N) is 1. The number of ether oxygens (including phenoxy) is 2. The van der Waals surface area contributed by atoms with Crippen molar-refractivity contribution in [2.45, 2.75) is 187 Å². The summed E-state index contributed by atoms with van der Waals surface area (Å²) in [6.07, 6.45) is 40.4. The van der Waals surface area contributed by atoms with Crippen LogP contribution in [0.5, 0.6) is 0 Å². The summed E-state index contributed by atoms with van der Waals surface area (Å²) in [5.74, 6) is -0.917. The molecule has 0 spiro atoms. The second-order valence-corrected chi connectivity index (χ2v) is 17.1. The van der Waals surface area contributed by atoms with Crippen LogP contribution in [0.2, 0.25) is 0 Å². The van der Waals surface area contributed by atoms with Crippen molar-refractivity contribution in [1.82, 2.24) is 0 Å². The lowest BCUT2D eigenvalue weighted by molar-refractivity contribution is -0.870. The largest absolute Gasteiger partial charge is 0.756 e. The third-order valence-electron chi connectivity index (χ3n) is 9.15. The molecule has 316 valence electrons. The molecule has 0 saturated carbocycles. The van der Waals surface area contributed by atoms with Gasteiger partial charge in [0.1, 0.15) is 19.8 Å². The molecule has 2 unspecified atom stereocenters. The maximum Gasteiger partial charge on any atom is 0.306 e. The van der Waals surface area contributed by atoms with Gasteiger partial charge >= 0.3 is 11.9 Å². The van der Waals surface area contributed by atoms with Gasteiger partial charge in [-0.2, -0.15) is 0 Å². The molecule has 0 amide bonds. The highest BCUT2D eigenvalue weighted by Gasteiger charge is 2.21. The van der Waals surface area contributed by atoms with Crippen molar-refractivity contribution in [1.29, 1.82) is 0 Å². The Morgan fingerprint density at radius 1 is 0.574 bits per heavy atom. The molecule has 2 atom stereocenters. The summed E-state index contributed by atoms with van der Waals surface area (Å²) < 4.78 is 33.8. The van der Waals surface area contributed by atoms with Gasteiger partial charge in [0.2, 0.25) is 0 Å². The molecular weight excluding hydrogens is 701 g/mol. The summed E-state index contributed by atoms with van der Waals surface area (Å²) in [6.45, 7) is 4.14. The molecule has 0 saturated heterocycles. The van der Waals surface area contributed by atoms with E-state index in [4.69, 9.17) is 18.5 Å². The molecule has 9 nitrogen and oxygen atoms in total. The molecular formula is C44H82NO8P. The molecule has 0 aliphatic heterocycles. The first-order valence-electron chi connectivity index (χ1n) is 21.7. The van der Waals surface area contributed by atoms with E-state index in [1.54, 1.807) is 0 Å². The first-order chi connectivity index (χ1) is 26.0. The van der Waals surface area contributed by atoms with Gasteiger partial charge in [-0.15, -0.1) is 0 Å². The van der Waals surface area contributed by atoms with Crippen LogP contribution in [-0.2, 0) is 32.7 Å². The summed E-state index contributed by atoms with van der Waals surface area (Å²) >= 11 is 0. The van der Waals surface area contributed by atoms with Crippen LogP contribution in [0.25, 0.3) is 0 Å². The quantitative estimate of drug-likeness (QED) is 0.0199. The number of hydrogen-bond donors (Lipinski definition) is 0. The molecule has 0 bridgehead atoms. The fourth-order valence-electron chi connectivity index (χ4n) is 5.70. The monoisotopic (exact) mass is 784 g/mol. The fourth-order valence-corrected chi connectivity index (χ4v) is 6.43. The summed E-state index contributed by atoms with van der Waals surface area (Å²) in [5.41, 5.74) is 0. The molecule has 0 aliphatic rings. The average Bonchev–Trinajstić information content (AvgIpc) is 3.12. The third kappa shape index (κ3) is 39.9. The average molecular weight is 784 g/mol. The van der Waals surface area contributed by atoms with Crippen molar-refractivity contribution in [2.75, 3.05) is 47.5 Å². The second-order valence-electron chi connectivity index (χ2n) is 15.7. The summed E-state index contributed by atoms with van der Waals surface area (Å²) in [6, 6.07) is 0. The lowest BCUT2D eigenvalue weighted by Crippen LogP contribution is -2.37. The number of unbranched alkanes of at least 4 members (excludes halogenated alkanes) is 19. The summed E-state index contributed by atoms with van der Waals surface area (Å²) in [7, 11) is 1.13. The molecule has 0 N–H and O–H groups in total. The molecule has 0 fully saturated rings. The van der Waals surface area contributed by atoms with Crippen molar-refractivity contribution in [3.05, 3.63) is 36.5 Å². The van der Waals surface area contributed by atoms with E-state index in [0.29, 0.717) is 17.4 Å². The highest BCUT2D eigenvalue weighted by Crippen LogP contribution is 2.38. The number of hydrogen-bond acceptors (Lipinski definition) is 8. The molecule has 0 aromatic rings. The van der Waals surface area contributed by atoms with Gasteiger partial charge in [-0.25, -0.2) is 0 Å². The Labute approximate surface area is 331 Å². The number of likely N-dealkylation sites (N-methyl/N-ethyl adjacent to an activating group) is 1. The van der Waals surface area contributed by atoms with E-state index in [9.17, 15) is 19.0 Å². The maximum atomic E-state index is 12.6. The zero-order valence-corrected chi connectivity index (χ0v) is 36.3. The Balaban J connectivity index is 4.42. The SMILES string of the molecule is CCCCCCCC/C=C/C/C=C/CCC(=O)OC(COC(=O)CCCCCCCCC/C=C/CCCCCCCC)COP(=O)([O-])OCC[N+](C)(C)C. The summed E-state index contributed by atoms with van der Waals surface area (Å²) in [4.78, 5) is 37.4. The maximum absolute atomic E-state index is 12.6. The number of allylic oxidation sites excluding steroid dienone is 6. The van der Waals surface area contributed by atoms with Crippen molar-refractivity contribution in [3.63, 3.8) is 0 Å². The van der Waals surface area contributed by atoms with Crippen molar-refractivity contribution < 1.29 is 42.1 Å². The number of phosphoric ester groups is 1. The van der Waals surface area contributed by atoms with Crippen LogP contribution in [-0.4, -0.2) is 70.0 Å². The Morgan fingerprint density at radius 3 is 1.56 bits per heavy atom. The van der Waals surface area contributed by atoms with E-state index in [-0.39, 0.29) is 26.1 Å². The number of carbonyl (C=O) groups excluding carboxylic acids is 2. The zero-order chi connectivity index (χ0) is 40.0. The molecule has 0 aliphatic carbocycles. The smallest absolute Gasteiger partial charge is 0.306 e. The lowest BCUT2D eigenvalue weighted by atomic mass is 10.1. The normalized spacial score (nSPS) is 14.0. The highest BCUT2D eigenvalue weighted by atomic mass is 31.2. The molecule has 0 aromatic carbocycles. The van der Waals surface area contributed by atoms with Gasteiger partial charge < -0.3 is 27.9 Å². The van der Waals surface area contributed by atoms with Gasteiger partial charge in [0.15, 0.2) is 6.10 Å². The van der Waals surface area contributed by atoms with Crippen molar-refractivity contribution in [3.8, 4) is 0 Å². The third-order valence-corrected chi connectivity index (χ3v) is 10.1. The first-order valence-corrected chi connectivity index (χ1v) is 23.2. The molecule has 54 heavy (non-hydrogen) atoms. The lowest BCUT2D eigenvalue weighted by Gasteiger charge is -2.28. The Hall–Kier alpha value is -1.77. The molecule has 0 rings (SSSR count). The van der Waals surface area contributed by atoms with E-state index in [0.717, 1.165) is 44.9 Å². The Kier molecular flexibility index (Phi) is 35.6. The van der Waals surface area contributed by atoms with E-state index >= 15 is 0 Å². The number of carbonyl (C=O) groups is 2. The second kappa shape index (κ2) is 36.8. The molecule has 0 radical (unpaired) electrons. The summed E-state index contributed by atoms with van der Waals surface area (Å²) in [5, 5.41) is 0. The van der Waals surface area contributed by atoms with Gasteiger partial charge in [0.25, 0.3) is 7.82 Å². The van der Waals surface area contributed by atoms with Gasteiger partial charge in [0, 0.05) is 12.8 Å². The minimum absolute atomic E-state index is 0.0407. The number of phosphoric acid groups is 1. The molecule has 0 heterocycles. The highest BCUT2D eigenvalue weighted by molar-refractivity contribution is 7.45. The van der Waals surface area contributed by atoms with Crippen LogP contribution in [0.1, 0.15) is 181 Å². The van der Waals surface area contributed by atoms with Crippen LogP contribution in [0.3, 0.4) is 0 Å². The van der Waals surface area contributed by atoms with Crippen LogP contribution < -0.4 is 4.89 Å². The minimum Gasteiger partial charge on any atom is -0.756 e. The van der Waals surface area contributed by atoms with E-state index < -0.39 is 32.5 Å². The van der Waals surface area contributed by atoms with Gasteiger partial charge in [-0.1, -0.05) is 147 Å². The predicted molar refractivity (Wildman–Crippen MR) is 222 cm³/mol. The minimum atomic E-state index is -4.64. The number of quaternary nitrogens is 1. The van der Waals surface area contributed by atoms with E-state index in [1.165, 1.54) is 103 Å². The van der Waals surface area contributed by atoms with E-state index in [2.05, 4.69) is 38.2 Å². The van der Waals surface area contributed by atoms with Crippen LogP contribution in [0, 0.1) is 0 Å². The van der Waals surface area contributed by atoms with Gasteiger partial charge in [-0.05, 0) is 57.8 Å². The van der Waals surface area contributed by atoms with Crippen molar-refractivity contribution in [2.24, 2.45) is 0 Å². The van der Waals surface area contributed by atoms with Crippen LogP contribution >= 0.6 is 7.82 Å².